The number of methoxy groups -OCH3 is 1. The van der Waals surface area contributed by atoms with Gasteiger partial charge >= 0.3 is 0 Å². The third kappa shape index (κ3) is 4.15. The third-order valence-electron chi connectivity index (χ3n) is 3.97. The zero-order valence-corrected chi connectivity index (χ0v) is 14.4. The fourth-order valence-electron chi connectivity index (χ4n) is 2.63. The fourth-order valence-corrected chi connectivity index (χ4v) is 2.63. The van der Waals surface area contributed by atoms with Crippen molar-refractivity contribution in [2.75, 3.05) is 26.8 Å². The molecule has 0 radical (unpaired) electrons. The van der Waals surface area contributed by atoms with Gasteiger partial charge in [-0.25, -0.2) is 0 Å². The van der Waals surface area contributed by atoms with Gasteiger partial charge in [-0.05, 0) is 32.1 Å². The normalized spacial score (nSPS) is 13.5. The molecular weight excluding hydrogens is 312 g/mol. The molecule has 0 unspecified atom stereocenters. The van der Waals surface area contributed by atoms with E-state index in [0.29, 0.717) is 31.4 Å². The highest BCUT2D eigenvalue weighted by Gasteiger charge is 2.31. The number of nitro groups is 1. The molecule has 0 N–H and O–H groups in total. The van der Waals surface area contributed by atoms with Gasteiger partial charge in [-0.2, -0.15) is 0 Å². The van der Waals surface area contributed by atoms with Gasteiger partial charge in [-0.3, -0.25) is 14.9 Å². The summed E-state index contributed by atoms with van der Waals surface area (Å²) in [5.41, 5.74) is -0.199. The lowest BCUT2D eigenvalue weighted by Gasteiger charge is -2.22. The number of carbonyl (C=O) groups is 1. The molecule has 24 heavy (non-hydrogen) atoms. The number of benzene rings is 1. The van der Waals surface area contributed by atoms with Gasteiger partial charge in [-0.15, -0.1) is 0 Å². The van der Waals surface area contributed by atoms with Crippen LogP contribution in [0.25, 0.3) is 0 Å². The second-order valence-corrected chi connectivity index (χ2v) is 5.90. The van der Waals surface area contributed by atoms with E-state index >= 15 is 0 Å². The van der Waals surface area contributed by atoms with E-state index in [9.17, 15) is 14.9 Å². The number of ether oxygens (including phenoxy) is 2. The van der Waals surface area contributed by atoms with Crippen molar-refractivity contribution in [2.45, 2.75) is 33.1 Å². The number of rotatable bonds is 9. The minimum Gasteiger partial charge on any atom is -0.493 e. The molecule has 1 aliphatic rings. The number of hydrogen-bond acceptors (Lipinski definition) is 5. The van der Waals surface area contributed by atoms with E-state index in [-0.39, 0.29) is 22.9 Å². The molecule has 0 aliphatic heterocycles. The van der Waals surface area contributed by atoms with Crippen molar-refractivity contribution in [1.82, 2.24) is 4.90 Å². The van der Waals surface area contributed by atoms with Crippen molar-refractivity contribution < 1.29 is 19.2 Å². The maximum atomic E-state index is 12.9. The molecule has 0 heterocycles. The average Bonchev–Trinajstić information content (AvgIpc) is 3.37. The summed E-state index contributed by atoms with van der Waals surface area (Å²) in [6.07, 6.45) is 3.03. The molecule has 1 aromatic rings. The highest BCUT2D eigenvalue weighted by atomic mass is 16.6. The zero-order chi connectivity index (χ0) is 17.7. The van der Waals surface area contributed by atoms with E-state index in [1.165, 1.54) is 19.2 Å². The third-order valence-corrected chi connectivity index (χ3v) is 3.97. The molecule has 1 amide bonds. The molecule has 2 rings (SSSR count). The van der Waals surface area contributed by atoms with Crippen LogP contribution in [0.3, 0.4) is 0 Å². The SMILES string of the molecule is CCCN(CC1CC1)C(=O)c1cc(OCC)c(OC)cc1[N+](=O)[O-]. The molecule has 0 spiro atoms. The van der Waals surface area contributed by atoms with E-state index in [1.54, 1.807) is 11.8 Å². The Morgan fingerprint density at radius 3 is 2.54 bits per heavy atom. The van der Waals surface area contributed by atoms with Crippen molar-refractivity contribution in [3.8, 4) is 11.5 Å². The summed E-state index contributed by atoms with van der Waals surface area (Å²) in [6.45, 7) is 5.41. The van der Waals surface area contributed by atoms with Crippen molar-refractivity contribution >= 4 is 11.6 Å². The Morgan fingerprint density at radius 2 is 2.04 bits per heavy atom. The van der Waals surface area contributed by atoms with Crippen LogP contribution >= 0.6 is 0 Å². The van der Waals surface area contributed by atoms with Crippen molar-refractivity contribution in [3.63, 3.8) is 0 Å². The minimum atomic E-state index is -0.549. The van der Waals surface area contributed by atoms with Crippen LogP contribution in [0.5, 0.6) is 11.5 Å². The molecule has 0 aromatic heterocycles. The van der Waals surface area contributed by atoms with Gasteiger partial charge < -0.3 is 14.4 Å². The monoisotopic (exact) mass is 336 g/mol. The summed E-state index contributed by atoms with van der Waals surface area (Å²) in [5, 5.41) is 11.4. The van der Waals surface area contributed by atoms with Crippen LogP contribution in [-0.2, 0) is 0 Å². The van der Waals surface area contributed by atoms with E-state index in [1.807, 2.05) is 6.92 Å². The second kappa shape index (κ2) is 7.99. The first-order valence-corrected chi connectivity index (χ1v) is 8.30. The van der Waals surface area contributed by atoms with Crippen molar-refractivity contribution in [3.05, 3.63) is 27.8 Å². The molecule has 0 saturated heterocycles. The van der Waals surface area contributed by atoms with Crippen molar-refractivity contribution in [1.29, 1.82) is 0 Å². The first kappa shape index (κ1) is 18.0. The van der Waals surface area contributed by atoms with Crippen molar-refractivity contribution in [2.24, 2.45) is 5.92 Å². The van der Waals surface area contributed by atoms with E-state index < -0.39 is 4.92 Å². The summed E-state index contributed by atoms with van der Waals surface area (Å²) < 4.78 is 10.6. The molecule has 1 saturated carbocycles. The molecule has 132 valence electrons. The Kier molecular flexibility index (Phi) is 6.00. The first-order chi connectivity index (χ1) is 11.5. The van der Waals surface area contributed by atoms with Gasteiger partial charge in [0.1, 0.15) is 5.56 Å². The van der Waals surface area contributed by atoms with Gasteiger partial charge in [-0.1, -0.05) is 6.92 Å². The van der Waals surface area contributed by atoms with Gasteiger partial charge in [0.05, 0.1) is 24.7 Å². The van der Waals surface area contributed by atoms with Crippen LogP contribution in [-0.4, -0.2) is 42.5 Å². The molecular formula is C17H24N2O5. The summed E-state index contributed by atoms with van der Waals surface area (Å²) in [4.78, 5) is 25.5. The number of amides is 1. The average molecular weight is 336 g/mol. The summed E-state index contributed by atoms with van der Waals surface area (Å²) >= 11 is 0. The predicted octanol–water partition coefficient (Wildman–Crippen LogP) is 3.26. The van der Waals surface area contributed by atoms with Crippen LogP contribution in [0.1, 0.15) is 43.5 Å². The lowest BCUT2D eigenvalue weighted by atomic mass is 10.1. The van der Waals surface area contributed by atoms with E-state index in [4.69, 9.17) is 9.47 Å². The van der Waals surface area contributed by atoms with Gasteiger partial charge in [0.15, 0.2) is 11.5 Å². The number of nitrogens with zero attached hydrogens (tertiary/aromatic N) is 2. The Labute approximate surface area is 141 Å². The molecule has 7 heteroatoms. The molecule has 0 bridgehead atoms. The standard InChI is InChI=1S/C17H24N2O5/c1-4-8-18(11-12-6-7-12)17(20)13-9-16(24-5-2)15(23-3)10-14(13)19(21)22/h9-10,12H,4-8,11H2,1-3H3. The smallest absolute Gasteiger partial charge is 0.286 e. The second-order valence-electron chi connectivity index (χ2n) is 5.90. The Bertz CT molecular complexity index is 613. The summed E-state index contributed by atoms with van der Waals surface area (Å²) in [6, 6.07) is 2.69. The van der Waals surface area contributed by atoms with Crippen LogP contribution in [0, 0.1) is 16.0 Å². The number of nitro benzene ring substituents is 1. The van der Waals surface area contributed by atoms with E-state index in [2.05, 4.69) is 0 Å². The highest BCUT2D eigenvalue weighted by molar-refractivity contribution is 5.99. The zero-order valence-electron chi connectivity index (χ0n) is 14.4. The van der Waals surface area contributed by atoms with Crippen LogP contribution in [0.2, 0.25) is 0 Å². The van der Waals surface area contributed by atoms with Crippen LogP contribution < -0.4 is 9.47 Å². The number of carbonyl (C=O) groups excluding carboxylic acids is 1. The number of hydrogen-bond donors (Lipinski definition) is 0. The van der Waals surface area contributed by atoms with Gasteiger partial charge in [0.25, 0.3) is 11.6 Å². The molecule has 0 atom stereocenters. The quantitative estimate of drug-likeness (QED) is 0.510. The largest absolute Gasteiger partial charge is 0.493 e. The lowest BCUT2D eigenvalue weighted by Crippen LogP contribution is -2.34. The Balaban J connectivity index is 2.41. The lowest BCUT2D eigenvalue weighted by molar-refractivity contribution is -0.385. The summed E-state index contributed by atoms with van der Waals surface area (Å²) in [5.74, 6) is 0.796. The Hall–Kier alpha value is -2.31. The van der Waals surface area contributed by atoms with Crippen LogP contribution in [0.15, 0.2) is 12.1 Å². The van der Waals surface area contributed by atoms with Gasteiger partial charge in [0, 0.05) is 19.2 Å². The summed E-state index contributed by atoms with van der Waals surface area (Å²) in [7, 11) is 1.42. The molecule has 1 aromatic carbocycles. The predicted molar refractivity (Wildman–Crippen MR) is 89.7 cm³/mol. The Morgan fingerprint density at radius 1 is 1.33 bits per heavy atom. The molecule has 1 aliphatic carbocycles. The van der Waals surface area contributed by atoms with E-state index in [0.717, 1.165) is 19.3 Å². The molecule has 7 nitrogen and oxygen atoms in total. The fraction of sp³-hybridized carbons (Fsp3) is 0.588. The highest BCUT2D eigenvalue weighted by Crippen LogP contribution is 2.36. The van der Waals surface area contributed by atoms with Crippen LogP contribution in [0.4, 0.5) is 5.69 Å². The topological polar surface area (TPSA) is 81.9 Å². The molecule has 1 fully saturated rings. The maximum absolute atomic E-state index is 12.9. The van der Waals surface area contributed by atoms with Gasteiger partial charge in [0.2, 0.25) is 0 Å². The minimum absolute atomic E-state index is 0.0540. The first-order valence-electron chi connectivity index (χ1n) is 8.30. The maximum Gasteiger partial charge on any atom is 0.286 e.